The molecule has 0 saturated carbocycles. The van der Waals surface area contributed by atoms with Crippen molar-refractivity contribution in [2.24, 2.45) is 0 Å². The number of carbonyl (C=O) groups excluding carboxylic acids is 1. The molecule has 0 N–H and O–H groups in total. The summed E-state index contributed by atoms with van der Waals surface area (Å²) >= 11 is 0. The molecule has 1 aromatic rings. The third kappa shape index (κ3) is 4.68. The number of pyridine rings is 1. The lowest BCUT2D eigenvalue weighted by Gasteiger charge is -2.43. The van der Waals surface area contributed by atoms with Gasteiger partial charge in [-0.1, -0.05) is 6.07 Å². The van der Waals surface area contributed by atoms with Crippen molar-refractivity contribution in [3.05, 3.63) is 24.4 Å². The second-order valence-corrected chi connectivity index (χ2v) is 6.37. The first-order valence-electron chi connectivity index (χ1n) is 7.49. The Labute approximate surface area is 132 Å². The van der Waals surface area contributed by atoms with Crippen LogP contribution in [-0.4, -0.2) is 67.9 Å². The molecule has 0 aromatic carbocycles. The van der Waals surface area contributed by atoms with Crippen molar-refractivity contribution in [1.82, 2.24) is 9.88 Å². The fourth-order valence-corrected chi connectivity index (χ4v) is 2.50. The number of amides is 1. The zero-order valence-electron chi connectivity index (χ0n) is 13.8. The van der Waals surface area contributed by atoms with Crippen LogP contribution in [0, 0.1) is 0 Å². The summed E-state index contributed by atoms with van der Waals surface area (Å²) in [6.07, 6.45) is 1.71. The lowest BCUT2D eigenvalue weighted by Crippen LogP contribution is -2.54. The number of morpholine rings is 1. The highest BCUT2D eigenvalue weighted by atomic mass is 16.5. The van der Waals surface area contributed by atoms with Gasteiger partial charge >= 0.3 is 0 Å². The Balaban J connectivity index is 1.93. The quantitative estimate of drug-likeness (QED) is 0.817. The molecule has 0 spiro atoms. The standard InChI is InChI=1S/C16H25N3O3/c1-16(2)12-19(14-7-5-6-8-17-14)9-13(22-16)10-21-11-15(20)18(3)4/h5-8,13H,9-12H2,1-4H3/t13-/m1/s1. The SMILES string of the molecule is CN(C)C(=O)COC[C@H]1CN(c2ccccn2)CC(C)(C)O1. The highest BCUT2D eigenvalue weighted by Gasteiger charge is 2.34. The number of likely N-dealkylation sites (N-methyl/N-ethyl adjacent to an activating group) is 1. The Morgan fingerprint density at radius 2 is 2.27 bits per heavy atom. The number of aromatic nitrogens is 1. The third-order valence-electron chi connectivity index (χ3n) is 3.48. The molecular formula is C16H25N3O3. The van der Waals surface area contributed by atoms with E-state index in [1.807, 2.05) is 18.2 Å². The molecule has 1 aromatic heterocycles. The van der Waals surface area contributed by atoms with E-state index in [2.05, 4.69) is 23.7 Å². The maximum absolute atomic E-state index is 11.5. The number of carbonyl (C=O) groups is 1. The molecule has 2 heterocycles. The number of ether oxygens (including phenoxy) is 2. The number of hydrogen-bond donors (Lipinski definition) is 0. The summed E-state index contributed by atoms with van der Waals surface area (Å²) in [4.78, 5) is 19.7. The summed E-state index contributed by atoms with van der Waals surface area (Å²) in [5.74, 6) is 0.893. The minimum Gasteiger partial charge on any atom is -0.369 e. The lowest BCUT2D eigenvalue weighted by atomic mass is 10.1. The fraction of sp³-hybridized carbons (Fsp3) is 0.625. The Morgan fingerprint density at radius 3 is 2.91 bits per heavy atom. The predicted octanol–water partition coefficient (Wildman–Crippen LogP) is 1.17. The molecule has 6 nitrogen and oxygen atoms in total. The fourth-order valence-electron chi connectivity index (χ4n) is 2.50. The van der Waals surface area contributed by atoms with Crippen LogP contribution in [0.4, 0.5) is 5.82 Å². The minimum absolute atomic E-state index is 0.0448. The van der Waals surface area contributed by atoms with Crippen molar-refractivity contribution >= 4 is 11.7 Å². The molecule has 1 saturated heterocycles. The average Bonchev–Trinajstić information content (AvgIpc) is 2.46. The van der Waals surface area contributed by atoms with Gasteiger partial charge in [-0.3, -0.25) is 4.79 Å². The van der Waals surface area contributed by atoms with Crippen LogP contribution in [0.5, 0.6) is 0 Å². The van der Waals surface area contributed by atoms with E-state index in [1.54, 1.807) is 20.3 Å². The van der Waals surface area contributed by atoms with Crippen LogP contribution in [0.15, 0.2) is 24.4 Å². The highest BCUT2D eigenvalue weighted by Crippen LogP contribution is 2.24. The highest BCUT2D eigenvalue weighted by molar-refractivity contribution is 5.76. The van der Waals surface area contributed by atoms with E-state index in [0.29, 0.717) is 13.2 Å². The van der Waals surface area contributed by atoms with Gasteiger partial charge in [0, 0.05) is 33.4 Å². The van der Waals surface area contributed by atoms with Crippen LogP contribution in [0.25, 0.3) is 0 Å². The van der Waals surface area contributed by atoms with Crippen molar-refractivity contribution in [1.29, 1.82) is 0 Å². The molecule has 2 rings (SSSR count). The van der Waals surface area contributed by atoms with E-state index in [4.69, 9.17) is 9.47 Å². The first kappa shape index (κ1) is 16.7. The first-order chi connectivity index (χ1) is 10.4. The number of hydrogen-bond acceptors (Lipinski definition) is 5. The topological polar surface area (TPSA) is 54.9 Å². The van der Waals surface area contributed by atoms with Gasteiger partial charge in [-0.15, -0.1) is 0 Å². The van der Waals surface area contributed by atoms with Crippen LogP contribution < -0.4 is 4.90 Å². The summed E-state index contributed by atoms with van der Waals surface area (Å²) in [5.41, 5.74) is -0.282. The van der Waals surface area contributed by atoms with Crippen molar-refractivity contribution in [2.45, 2.75) is 25.6 Å². The normalized spacial score (nSPS) is 20.7. The summed E-state index contributed by atoms with van der Waals surface area (Å²) in [5, 5.41) is 0. The smallest absolute Gasteiger partial charge is 0.248 e. The van der Waals surface area contributed by atoms with Crippen molar-refractivity contribution in [2.75, 3.05) is 45.3 Å². The number of anilines is 1. The third-order valence-corrected chi connectivity index (χ3v) is 3.48. The van der Waals surface area contributed by atoms with Crippen molar-refractivity contribution in [3.63, 3.8) is 0 Å². The molecule has 1 aliphatic rings. The molecule has 0 unspecified atom stereocenters. The first-order valence-corrected chi connectivity index (χ1v) is 7.49. The molecule has 1 aliphatic heterocycles. The van der Waals surface area contributed by atoms with E-state index >= 15 is 0 Å². The van der Waals surface area contributed by atoms with Gasteiger partial charge in [0.15, 0.2) is 0 Å². The lowest BCUT2D eigenvalue weighted by molar-refractivity contribution is -0.139. The van der Waals surface area contributed by atoms with Crippen molar-refractivity contribution < 1.29 is 14.3 Å². The van der Waals surface area contributed by atoms with Gasteiger partial charge in [0.25, 0.3) is 0 Å². The van der Waals surface area contributed by atoms with E-state index in [0.717, 1.165) is 12.4 Å². The Bertz CT molecular complexity index is 491. The van der Waals surface area contributed by atoms with E-state index in [-0.39, 0.29) is 24.2 Å². The van der Waals surface area contributed by atoms with E-state index < -0.39 is 0 Å². The predicted molar refractivity (Wildman–Crippen MR) is 84.9 cm³/mol. The molecule has 1 atom stereocenters. The summed E-state index contributed by atoms with van der Waals surface area (Å²) < 4.78 is 11.6. The summed E-state index contributed by atoms with van der Waals surface area (Å²) in [6, 6.07) is 5.88. The van der Waals surface area contributed by atoms with Gasteiger partial charge in [0.1, 0.15) is 12.4 Å². The summed E-state index contributed by atoms with van der Waals surface area (Å²) in [7, 11) is 3.43. The van der Waals surface area contributed by atoms with Gasteiger partial charge in [0.05, 0.1) is 18.3 Å². The Morgan fingerprint density at radius 1 is 1.50 bits per heavy atom. The molecule has 122 valence electrons. The van der Waals surface area contributed by atoms with Gasteiger partial charge in [-0.25, -0.2) is 4.98 Å². The summed E-state index contributed by atoms with van der Waals surface area (Å²) in [6.45, 7) is 6.07. The minimum atomic E-state index is -0.282. The zero-order valence-corrected chi connectivity index (χ0v) is 13.8. The van der Waals surface area contributed by atoms with E-state index in [9.17, 15) is 4.79 Å². The molecule has 0 aliphatic carbocycles. The van der Waals surface area contributed by atoms with Crippen LogP contribution in [0.1, 0.15) is 13.8 Å². The van der Waals surface area contributed by atoms with Crippen molar-refractivity contribution in [3.8, 4) is 0 Å². The van der Waals surface area contributed by atoms with Gasteiger partial charge in [0.2, 0.25) is 5.91 Å². The maximum Gasteiger partial charge on any atom is 0.248 e. The van der Waals surface area contributed by atoms with Gasteiger partial charge in [-0.2, -0.15) is 0 Å². The van der Waals surface area contributed by atoms with Gasteiger partial charge < -0.3 is 19.3 Å². The molecule has 6 heteroatoms. The largest absolute Gasteiger partial charge is 0.369 e. The monoisotopic (exact) mass is 307 g/mol. The Kier molecular flexibility index (Phi) is 5.37. The second kappa shape index (κ2) is 7.07. The second-order valence-electron chi connectivity index (χ2n) is 6.37. The number of nitrogens with zero attached hydrogens (tertiary/aromatic N) is 3. The van der Waals surface area contributed by atoms with Gasteiger partial charge in [-0.05, 0) is 26.0 Å². The van der Waals surface area contributed by atoms with Crippen LogP contribution >= 0.6 is 0 Å². The Hall–Kier alpha value is -1.66. The number of rotatable bonds is 5. The molecule has 0 radical (unpaired) electrons. The van der Waals surface area contributed by atoms with Crippen LogP contribution in [0.3, 0.4) is 0 Å². The zero-order chi connectivity index (χ0) is 16.2. The van der Waals surface area contributed by atoms with Crippen LogP contribution in [0.2, 0.25) is 0 Å². The molecule has 0 bridgehead atoms. The van der Waals surface area contributed by atoms with Crippen LogP contribution in [-0.2, 0) is 14.3 Å². The van der Waals surface area contributed by atoms with E-state index in [1.165, 1.54) is 4.90 Å². The maximum atomic E-state index is 11.5. The molecular weight excluding hydrogens is 282 g/mol. The molecule has 1 fully saturated rings. The molecule has 1 amide bonds. The molecule has 22 heavy (non-hydrogen) atoms. The average molecular weight is 307 g/mol.